The lowest BCUT2D eigenvalue weighted by molar-refractivity contribution is -0.907. The summed E-state index contributed by atoms with van der Waals surface area (Å²) in [7, 11) is 2.06. The van der Waals surface area contributed by atoms with Gasteiger partial charge in [-0.1, -0.05) is 60.7 Å². The third-order valence-corrected chi connectivity index (χ3v) is 5.20. The molecule has 1 atom stereocenters. The number of hydrogen-bond donors (Lipinski definition) is 2. The van der Waals surface area contributed by atoms with Crippen molar-refractivity contribution in [3.8, 4) is 16.9 Å². The molecule has 4 nitrogen and oxygen atoms in total. The van der Waals surface area contributed by atoms with Crippen LogP contribution in [0.25, 0.3) is 22.1 Å². The molecule has 0 spiro atoms. The standard InChI is InChI=1S/C25H23NO3/c1-17-23(19-11-7-4-8-12-19)24(28)20-13-14-22(27)21(25(20)29-17)16-26(2)15-18-9-5-3-6-10-18/h3-14,27H,15-16H2,1-2H3/p+1. The second-order valence-electron chi connectivity index (χ2n) is 7.46. The Kier molecular flexibility index (Phi) is 5.19. The minimum absolute atomic E-state index is 0.0723. The molecular formula is C25H24NO3+. The molecule has 146 valence electrons. The molecule has 4 aromatic rings. The van der Waals surface area contributed by atoms with Gasteiger partial charge in [0.15, 0.2) is 5.58 Å². The zero-order chi connectivity index (χ0) is 20.4. The summed E-state index contributed by atoms with van der Waals surface area (Å²) >= 11 is 0. The Hall–Kier alpha value is -3.37. The topological polar surface area (TPSA) is 54.9 Å². The van der Waals surface area contributed by atoms with Gasteiger partial charge in [0.05, 0.1) is 23.6 Å². The van der Waals surface area contributed by atoms with Gasteiger partial charge in [0.25, 0.3) is 0 Å². The Balaban J connectivity index is 1.77. The SMILES string of the molecule is Cc1oc2c(C[NH+](C)Cc3ccccc3)c(O)ccc2c(=O)c1-c1ccccc1. The first-order chi connectivity index (χ1) is 14.0. The predicted molar refractivity (Wildman–Crippen MR) is 115 cm³/mol. The van der Waals surface area contributed by atoms with Crippen LogP contribution in [0.2, 0.25) is 0 Å². The number of nitrogens with one attached hydrogen (secondary N) is 1. The summed E-state index contributed by atoms with van der Waals surface area (Å²) < 4.78 is 6.12. The molecule has 2 N–H and O–H groups in total. The van der Waals surface area contributed by atoms with E-state index in [1.165, 1.54) is 10.5 Å². The van der Waals surface area contributed by atoms with Gasteiger partial charge < -0.3 is 14.4 Å². The van der Waals surface area contributed by atoms with Gasteiger partial charge in [-0.25, -0.2) is 0 Å². The second-order valence-corrected chi connectivity index (χ2v) is 7.46. The maximum absolute atomic E-state index is 13.2. The molecule has 4 rings (SSSR count). The van der Waals surface area contributed by atoms with Crippen LogP contribution in [0.3, 0.4) is 0 Å². The summed E-state index contributed by atoms with van der Waals surface area (Å²) in [5.41, 5.74) is 3.68. The maximum atomic E-state index is 13.2. The maximum Gasteiger partial charge on any atom is 0.200 e. The van der Waals surface area contributed by atoms with E-state index in [4.69, 9.17) is 4.42 Å². The molecular weight excluding hydrogens is 362 g/mol. The van der Waals surface area contributed by atoms with E-state index >= 15 is 0 Å². The zero-order valence-corrected chi connectivity index (χ0v) is 16.6. The van der Waals surface area contributed by atoms with E-state index < -0.39 is 0 Å². The highest BCUT2D eigenvalue weighted by Crippen LogP contribution is 2.29. The molecule has 3 aromatic carbocycles. The third kappa shape index (κ3) is 3.80. The molecule has 1 aromatic heterocycles. The highest BCUT2D eigenvalue weighted by molar-refractivity contribution is 5.86. The fraction of sp³-hybridized carbons (Fsp3) is 0.160. The van der Waals surface area contributed by atoms with E-state index in [2.05, 4.69) is 19.2 Å². The Labute approximate surface area is 169 Å². The summed E-state index contributed by atoms with van der Waals surface area (Å²) in [6, 6.07) is 23.0. The highest BCUT2D eigenvalue weighted by Gasteiger charge is 2.20. The van der Waals surface area contributed by atoms with E-state index in [1.54, 1.807) is 19.1 Å². The van der Waals surface area contributed by atoms with Crippen LogP contribution in [-0.2, 0) is 13.1 Å². The number of benzene rings is 3. The Morgan fingerprint density at radius 1 is 0.897 bits per heavy atom. The molecule has 0 fully saturated rings. The fourth-order valence-electron chi connectivity index (χ4n) is 3.83. The highest BCUT2D eigenvalue weighted by atomic mass is 16.3. The van der Waals surface area contributed by atoms with Gasteiger partial charge >= 0.3 is 0 Å². The minimum atomic E-state index is -0.0723. The van der Waals surface area contributed by atoms with E-state index in [-0.39, 0.29) is 11.2 Å². The van der Waals surface area contributed by atoms with Gasteiger partial charge in [-0.2, -0.15) is 0 Å². The minimum Gasteiger partial charge on any atom is -0.507 e. The first-order valence-electron chi connectivity index (χ1n) is 9.73. The average Bonchev–Trinajstić information content (AvgIpc) is 2.72. The van der Waals surface area contributed by atoms with Crippen LogP contribution < -0.4 is 10.3 Å². The monoisotopic (exact) mass is 386 g/mol. The Morgan fingerprint density at radius 2 is 1.55 bits per heavy atom. The van der Waals surface area contributed by atoms with Crippen LogP contribution in [0, 0.1) is 6.92 Å². The number of rotatable bonds is 5. The summed E-state index contributed by atoms with van der Waals surface area (Å²) in [5.74, 6) is 0.709. The normalized spacial score (nSPS) is 12.2. The molecule has 0 aliphatic carbocycles. The molecule has 0 aliphatic heterocycles. The van der Waals surface area contributed by atoms with Gasteiger partial charge in [-0.3, -0.25) is 4.79 Å². The zero-order valence-electron chi connectivity index (χ0n) is 16.6. The van der Waals surface area contributed by atoms with Gasteiger partial charge in [0, 0.05) is 5.56 Å². The first-order valence-corrected chi connectivity index (χ1v) is 9.73. The number of aryl methyl sites for hydroxylation is 1. The van der Waals surface area contributed by atoms with Gasteiger partial charge in [-0.05, 0) is 24.6 Å². The van der Waals surface area contributed by atoms with Crippen LogP contribution in [0.1, 0.15) is 16.9 Å². The van der Waals surface area contributed by atoms with Crippen LogP contribution >= 0.6 is 0 Å². The van der Waals surface area contributed by atoms with E-state index in [0.717, 1.165) is 12.1 Å². The predicted octanol–water partition coefficient (Wildman–Crippen LogP) is 3.69. The molecule has 1 unspecified atom stereocenters. The van der Waals surface area contributed by atoms with Gasteiger partial charge in [0.1, 0.15) is 24.6 Å². The lowest BCUT2D eigenvalue weighted by Crippen LogP contribution is -3.06. The Morgan fingerprint density at radius 3 is 2.24 bits per heavy atom. The van der Waals surface area contributed by atoms with Crippen molar-refractivity contribution in [2.75, 3.05) is 7.05 Å². The lowest BCUT2D eigenvalue weighted by atomic mass is 10.0. The number of quaternary nitrogens is 1. The van der Waals surface area contributed by atoms with Crippen molar-refractivity contribution in [1.29, 1.82) is 0 Å². The molecule has 0 aliphatic rings. The molecule has 0 radical (unpaired) electrons. The summed E-state index contributed by atoms with van der Waals surface area (Å²) in [6.45, 7) is 3.16. The molecule has 1 heterocycles. The third-order valence-electron chi connectivity index (χ3n) is 5.20. The van der Waals surface area contributed by atoms with Crippen LogP contribution in [0.4, 0.5) is 0 Å². The number of hydrogen-bond acceptors (Lipinski definition) is 3. The van der Waals surface area contributed by atoms with Crippen molar-refractivity contribution in [3.63, 3.8) is 0 Å². The number of aromatic hydroxyl groups is 1. The number of fused-ring (bicyclic) bond motifs is 1. The van der Waals surface area contributed by atoms with Crippen molar-refractivity contribution in [3.05, 3.63) is 99.9 Å². The Bertz CT molecular complexity index is 1200. The molecule has 0 saturated carbocycles. The summed E-state index contributed by atoms with van der Waals surface area (Å²) in [4.78, 5) is 14.4. The molecule has 4 heteroatoms. The average molecular weight is 386 g/mol. The number of phenolic OH excluding ortho intramolecular Hbond substituents is 1. The first kappa shape index (κ1) is 19.0. The summed E-state index contributed by atoms with van der Waals surface area (Å²) in [6.07, 6.45) is 0. The van der Waals surface area contributed by atoms with Crippen molar-refractivity contribution in [2.45, 2.75) is 20.0 Å². The van der Waals surface area contributed by atoms with E-state index in [0.29, 0.717) is 34.4 Å². The smallest absolute Gasteiger partial charge is 0.200 e. The molecule has 0 bridgehead atoms. The number of phenols is 1. The largest absolute Gasteiger partial charge is 0.507 e. The fourth-order valence-corrected chi connectivity index (χ4v) is 3.83. The molecule has 0 saturated heterocycles. The van der Waals surface area contributed by atoms with Crippen molar-refractivity contribution >= 4 is 11.0 Å². The quantitative estimate of drug-likeness (QED) is 0.550. The van der Waals surface area contributed by atoms with Crippen molar-refractivity contribution in [1.82, 2.24) is 0 Å². The van der Waals surface area contributed by atoms with Gasteiger partial charge in [0.2, 0.25) is 5.43 Å². The second kappa shape index (κ2) is 7.94. The lowest BCUT2D eigenvalue weighted by Gasteiger charge is -2.16. The van der Waals surface area contributed by atoms with Gasteiger partial charge in [-0.15, -0.1) is 0 Å². The van der Waals surface area contributed by atoms with Crippen molar-refractivity contribution < 1.29 is 14.4 Å². The van der Waals surface area contributed by atoms with Crippen LogP contribution in [-0.4, -0.2) is 12.2 Å². The van der Waals surface area contributed by atoms with Crippen LogP contribution in [0.15, 0.2) is 82.0 Å². The van der Waals surface area contributed by atoms with Crippen molar-refractivity contribution in [2.24, 2.45) is 0 Å². The van der Waals surface area contributed by atoms with E-state index in [1.807, 2.05) is 48.5 Å². The molecule has 29 heavy (non-hydrogen) atoms. The van der Waals surface area contributed by atoms with Crippen LogP contribution in [0.5, 0.6) is 5.75 Å². The molecule has 0 amide bonds. The summed E-state index contributed by atoms with van der Waals surface area (Å²) in [5, 5.41) is 11.0. The van der Waals surface area contributed by atoms with E-state index in [9.17, 15) is 9.90 Å².